The summed E-state index contributed by atoms with van der Waals surface area (Å²) in [4.78, 5) is 39.5. The van der Waals surface area contributed by atoms with Gasteiger partial charge in [-0.05, 0) is 50.1 Å². The molecule has 3 aliphatic rings. The molecule has 2 amide bonds. The summed E-state index contributed by atoms with van der Waals surface area (Å²) in [7, 11) is 0. The Hall–Kier alpha value is -3.45. The number of aromatic nitrogens is 2. The molecule has 0 bridgehead atoms. The molecule has 2 unspecified atom stereocenters. The van der Waals surface area contributed by atoms with Crippen molar-refractivity contribution < 1.29 is 27.5 Å². The summed E-state index contributed by atoms with van der Waals surface area (Å²) in [5, 5.41) is 0. The SMILES string of the molecule is Cc1cnc(N2CCN(C(=O)c3cccc(OC[C@@H]4CCCN4C4CNNC(=O)C4C(F)(F)F)c3)CC2)nc1. The molecular formula is C26H32F3N7O3. The largest absolute Gasteiger partial charge is 0.492 e. The lowest BCUT2D eigenvalue weighted by atomic mass is 9.94. The highest BCUT2D eigenvalue weighted by Crippen LogP contribution is 2.35. The lowest BCUT2D eigenvalue weighted by Crippen LogP contribution is -2.65. The van der Waals surface area contributed by atoms with Crippen LogP contribution in [0.5, 0.6) is 5.75 Å². The molecule has 0 aliphatic carbocycles. The molecule has 3 atom stereocenters. The third-order valence-corrected chi connectivity index (χ3v) is 7.53. The van der Waals surface area contributed by atoms with E-state index < -0.39 is 24.0 Å². The van der Waals surface area contributed by atoms with Crippen molar-refractivity contribution in [3.8, 4) is 5.75 Å². The molecule has 210 valence electrons. The Morgan fingerprint density at radius 2 is 1.87 bits per heavy atom. The van der Waals surface area contributed by atoms with Gasteiger partial charge >= 0.3 is 6.18 Å². The van der Waals surface area contributed by atoms with E-state index in [1.54, 1.807) is 46.5 Å². The van der Waals surface area contributed by atoms with Gasteiger partial charge in [0.2, 0.25) is 11.9 Å². The van der Waals surface area contributed by atoms with Gasteiger partial charge in [-0.15, -0.1) is 0 Å². The quantitative estimate of drug-likeness (QED) is 0.565. The number of anilines is 1. The van der Waals surface area contributed by atoms with Crippen LogP contribution >= 0.6 is 0 Å². The van der Waals surface area contributed by atoms with Crippen LogP contribution in [-0.4, -0.2) is 95.7 Å². The monoisotopic (exact) mass is 547 g/mol. The number of ether oxygens (including phenoxy) is 1. The van der Waals surface area contributed by atoms with E-state index in [0.29, 0.717) is 56.4 Å². The average Bonchev–Trinajstić information content (AvgIpc) is 3.40. The van der Waals surface area contributed by atoms with E-state index >= 15 is 0 Å². The molecule has 39 heavy (non-hydrogen) atoms. The number of nitrogens with zero attached hydrogens (tertiary/aromatic N) is 5. The van der Waals surface area contributed by atoms with E-state index in [1.165, 1.54) is 0 Å². The summed E-state index contributed by atoms with van der Waals surface area (Å²) in [5.41, 5.74) is 6.17. The number of carbonyl (C=O) groups is 2. The molecule has 3 fully saturated rings. The number of amides is 2. The fourth-order valence-electron chi connectivity index (χ4n) is 5.51. The van der Waals surface area contributed by atoms with Crippen molar-refractivity contribution >= 4 is 17.8 Å². The number of hydrogen-bond acceptors (Lipinski definition) is 8. The van der Waals surface area contributed by atoms with Crippen molar-refractivity contribution in [2.24, 2.45) is 5.92 Å². The lowest BCUT2D eigenvalue weighted by molar-refractivity contribution is -0.201. The summed E-state index contributed by atoms with van der Waals surface area (Å²) >= 11 is 0. The summed E-state index contributed by atoms with van der Waals surface area (Å²) in [5.74, 6) is -2.15. The summed E-state index contributed by atoms with van der Waals surface area (Å²) in [6, 6.07) is 5.59. The van der Waals surface area contributed by atoms with Crippen LogP contribution in [0.1, 0.15) is 28.8 Å². The first-order valence-corrected chi connectivity index (χ1v) is 13.1. The van der Waals surface area contributed by atoms with Crippen molar-refractivity contribution in [2.45, 2.75) is 38.0 Å². The predicted molar refractivity (Wildman–Crippen MR) is 136 cm³/mol. The minimum atomic E-state index is -4.64. The first-order valence-electron chi connectivity index (χ1n) is 13.1. The van der Waals surface area contributed by atoms with Crippen molar-refractivity contribution in [3.05, 3.63) is 47.8 Å². The minimum Gasteiger partial charge on any atom is -0.492 e. The number of rotatable bonds is 6. The van der Waals surface area contributed by atoms with Crippen molar-refractivity contribution in [1.82, 2.24) is 30.6 Å². The maximum atomic E-state index is 13.7. The second-order valence-corrected chi connectivity index (χ2v) is 10.2. The molecule has 3 aliphatic heterocycles. The Labute approximate surface area is 224 Å². The second-order valence-electron chi connectivity index (χ2n) is 10.2. The van der Waals surface area contributed by atoms with Gasteiger partial charge in [-0.2, -0.15) is 13.2 Å². The summed E-state index contributed by atoms with van der Waals surface area (Å²) in [6.07, 6.45) is 0.282. The van der Waals surface area contributed by atoms with Gasteiger partial charge in [0.1, 0.15) is 12.4 Å². The number of carbonyl (C=O) groups excluding carboxylic acids is 2. The van der Waals surface area contributed by atoms with E-state index in [2.05, 4.69) is 20.8 Å². The fourth-order valence-corrected chi connectivity index (χ4v) is 5.51. The van der Waals surface area contributed by atoms with Crippen LogP contribution in [-0.2, 0) is 4.79 Å². The molecule has 5 rings (SSSR count). The molecule has 4 heterocycles. The van der Waals surface area contributed by atoms with Crippen LogP contribution in [0, 0.1) is 12.8 Å². The number of alkyl halides is 3. The topological polar surface area (TPSA) is 103 Å². The van der Waals surface area contributed by atoms with Crippen molar-refractivity contribution in [3.63, 3.8) is 0 Å². The molecule has 1 aromatic heterocycles. The molecule has 0 saturated carbocycles. The fraction of sp³-hybridized carbons (Fsp3) is 0.538. The highest BCUT2D eigenvalue weighted by atomic mass is 19.4. The van der Waals surface area contributed by atoms with Crippen LogP contribution in [0.2, 0.25) is 0 Å². The Bertz CT molecular complexity index is 1170. The number of halogens is 3. The van der Waals surface area contributed by atoms with Gasteiger partial charge in [0, 0.05) is 62.8 Å². The zero-order chi connectivity index (χ0) is 27.6. The van der Waals surface area contributed by atoms with E-state index in [4.69, 9.17) is 4.74 Å². The van der Waals surface area contributed by atoms with E-state index in [9.17, 15) is 22.8 Å². The smallest absolute Gasteiger partial charge is 0.402 e. The van der Waals surface area contributed by atoms with Gasteiger partial charge in [0.25, 0.3) is 5.91 Å². The minimum absolute atomic E-state index is 0.000292. The van der Waals surface area contributed by atoms with E-state index in [1.807, 2.05) is 11.8 Å². The second kappa shape index (κ2) is 11.3. The zero-order valence-electron chi connectivity index (χ0n) is 21.7. The van der Waals surface area contributed by atoms with Crippen LogP contribution in [0.15, 0.2) is 36.7 Å². The third kappa shape index (κ3) is 6.09. The highest BCUT2D eigenvalue weighted by Gasteiger charge is 2.54. The molecule has 10 nitrogen and oxygen atoms in total. The maximum absolute atomic E-state index is 13.7. The van der Waals surface area contributed by atoms with Gasteiger partial charge < -0.3 is 14.5 Å². The molecular weight excluding hydrogens is 515 g/mol. The number of hydrazine groups is 1. The summed E-state index contributed by atoms with van der Waals surface area (Å²) < 4.78 is 47.0. The standard InChI is InChI=1S/C26H32F3N7O3/c1-17-13-30-25(31-14-17)35-10-8-34(9-11-35)24(38)18-4-2-6-20(12-18)39-16-19-5-3-7-36(19)21-15-32-33-23(37)22(21)26(27,28)29/h2,4,6,12-14,19,21-22,32H,3,5,7-11,15-16H2,1H3,(H,33,37)/t19-,21?,22?/m0/s1. The van der Waals surface area contributed by atoms with Crippen LogP contribution in [0.4, 0.5) is 19.1 Å². The lowest BCUT2D eigenvalue weighted by Gasteiger charge is -2.40. The molecule has 2 aromatic rings. The number of hydrogen-bond donors (Lipinski definition) is 2. The van der Waals surface area contributed by atoms with Gasteiger partial charge in [-0.3, -0.25) is 19.9 Å². The van der Waals surface area contributed by atoms with Gasteiger partial charge in [0.05, 0.1) is 0 Å². The van der Waals surface area contributed by atoms with Gasteiger partial charge in [-0.1, -0.05) is 6.07 Å². The molecule has 0 spiro atoms. The zero-order valence-corrected chi connectivity index (χ0v) is 21.7. The average molecular weight is 548 g/mol. The Kier molecular flexibility index (Phi) is 7.89. The number of benzene rings is 1. The van der Waals surface area contributed by atoms with Crippen molar-refractivity contribution in [2.75, 3.05) is 50.8 Å². The van der Waals surface area contributed by atoms with Crippen molar-refractivity contribution in [1.29, 1.82) is 0 Å². The number of likely N-dealkylation sites (tertiary alicyclic amines) is 1. The third-order valence-electron chi connectivity index (χ3n) is 7.53. The normalized spacial score (nSPS) is 24.5. The molecule has 0 radical (unpaired) electrons. The van der Waals surface area contributed by atoms with Gasteiger partial charge in [-0.25, -0.2) is 15.4 Å². The Balaban J connectivity index is 1.18. The van der Waals surface area contributed by atoms with Crippen LogP contribution in [0.3, 0.4) is 0 Å². The Morgan fingerprint density at radius 1 is 1.13 bits per heavy atom. The predicted octanol–water partition coefficient (Wildman–Crippen LogP) is 1.77. The first-order chi connectivity index (χ1) is 18.7. The molecule has 3 saturated heterocycles. The molecule has 1 aromatic carbocycles. The van der Waals surface area contributed by atoms with Crippen LogP contribution in [0.25, 0.3) is 0 Å². The number of nitrogens with one attached hydrogen (secondary N) is 2. The highest BCUT2D eigenvalue weighted by molar-refractivity contribution is 5.94. The molecule has 13 heteroatoms. The van der Waals surface area contributed by atoms with E-state index in [0.717, 1.165) is 12.0 Å². The Morgan fingerprint density at radius 3 is 2.59 bits per heavy atom. The van der Waals surface area contributed by atoms with Crippen LogP contribution < -0.4 is 20.5 Å². The maximum Gasteiger partial charge on any atom is 0.402 e. The number of aryl methyl sites for hydroxylation is 1. The number of piperazine rings is 1. The summed E-state index contributed by atoms with van der Waals surface area (Å²) in [6.45, 7) is 4.85. The first kappa shape index (κ1) is 27.1. The van der Waals surface area contributed by atoms with E-state index in [-0.39, 0.29) is 25.1 Å². The van der Waals surface area contributed by atoms with Gasteiger partial charge in [0.15, 0.2) is 5.92 Å². The molecule has 2 N–H and O–H groups in total.